The number of halogens is 1. The molecule has 1 N–H and O–H groups in total. The number of benzene rings is 2. The van der Waals surface area contributed by atoms with Crippen molar-refractivity contribution >= 4 is 17.6 Å². The molecule has 2 rings (SSSR count). The lowest BCUT2D eigenvalue weighted by atomic mass is 10.1. The van der Waals surface area contributed by atoms with Crippen LogP contribution in [-0.2, 0) is 14.3 Å². The molecule has 0 spiro atoms. The highest BCUT2D eigenvalue weighted by atomic mass is 19.1. The maximum atomic E-state index is 12.9. The van der Waals surface area contributed by atoms with E-state index in [0.717, 1.165) is 5.56 Å². The monoisotopic (exact) mass is 345 g/mol. The summed E-state index contributed by atoms with van der Waals surface area (Å²) in [5.74, 6) is -1.22. The first-order valence-electron chi connectivity index (χ1n) is 7.74. The van der Waals surface area contributed by atoms with Gasteiger partial charge in [-0.25, -0.2) is 9.18 Å². The molecule has 0 atom stereocenters. The Morgan fingerprint density at radius 2 is 1.64 bits per heavy atom. The molecule has 0 unspecified atom stereocenters. The minimum Gasteiger partial charge on any atom is -0.476 e. The van der Waals surface area contributed by atoms with Crippen LogP contribution in [0.15, 0.2) is 48.5 Å². The normalized spacial score (nSPS) is 10.9. The summed E-state index contributed by atoms with van der Waals surface area (Å²) >= 11 is 0. The van der Waals surface area contributed by atoms with Gasteiger partial charge in [-0.15, -0.1) is 0 Å². The number of hydrogen-bond acceptors (Lipinski definition) is 4. The van der Waals surface area contributed by atoms with Crippen molar-refractivity contribution < 1.29 is 23.5 Å². The predicted octanol–water partition coefficient (Wildman–Crippen LogP) is 3.47. The molecule has 0 aromatic heterocycles. The summed E-state index contributed by atoms with van der Waals surface area (Å²) < 4.78 is 23.4. The number of amides is 1. The lowest BCUT2D eigenvalue weighted by Crippen LogP contribution is -2.41. The van der Waals surface area contributed by atoms with Gasteiger partial charge in [-0.2, -0.15) is 0 Å². The van der Waals surface area contributed by atoms with Crippen molar-refractivity contribution in [1.29, 1.82) is 0 Å². The second-order valence-corrected chi connectivity index (χ2v) is 6.06. The Hall–Kier alpha value is -2.89. The highest BCUT2D eigenvalue weighted by Crippen LogP contribution is 2.20. The van der Waals surface area contributed by atoms with E-state index in [-0.39, 0.29) is 0 Å². The van der Waals surface area contributed by atoms with Crippen LogP contribution < -0.4 is 10.1 Å². The number of anilines is 1. The molecule has 0 radical (unpaired) electrons. The predicted molar refractivity (Wildman–Crippen MR) is 91.9 cm³/mol. The zero-order valence-electron chi connectivity index (χ0n) is 14.3. The molecule has 0 aliphatic carbocycles. The Kier molecular flexibility index (Phi) is 5.75. The quantitative estimate of drug-likeness (QED) is 0.814. The van der Waals surface area contributed by atoms with E-state index >= 15 is 0 Å². The molecule has 0 saturated heterocycles. The number of hydrogen-bond donors (Lipinski definition) is 1. The second-order valence-electron chi connectivity index (χ2n) is 6.06. The van der Waals surface area contributed by atoms with E-state index in [9.17, 15) is 14.0 Å². The topological polar surface area (TPSA) is 64.6 Å². The zero-order valence-corrected chi connectivity index (χ0v) is 14.3. The Balaban J connectivity index is 1.86. The fourth-order valence-electron chi connectivity index (χ4n) is 1.98. The van der Waals surface area contributed by atoms with E-state index in [1.54, 1.807) is 12.1 Å². The summed E-state index contributed by atoms with van der Waals surface area (Å²) in [6, 6.07) is 12.5. The van der Waals surface area contributed by atoms with Gasteiger partial charge >= 0.3 is 5.97 Å². The van der Waals surface area contributed by atoms with Crippen molar-refractivity contribution in [1.82, 2.24) is 0 Å². The summed E-state index contributed by atoms with van der Waals surface area (Å²) in [6.07, 6.45) is 0. The van der Waals surface area contributed by atoms with Gasteiger partial charge < -0.3 is 14.8 Å². The van der Waals surface area contributed by atoms with Crippen molar-refractivity contribution in [3.63, 3.8) is 0 Å². The number of rotatable bonds is 6. The highest BCUT2D eigenvalue weighted by Gasteiger charge is 2.32. The van der Waals surface area contributed by atoms with Crippen LogP contribution in [0.2, 0.25) is 0 Å². The molecular weight excluding hydrogens is 325 g/mol. The molecular formula is C19H20FNO4. The summed E-state index contributed by atoms with van der Waals surface area (Å²) in [5.41, 5.74) is 0.375. The molecule has 0 heterocycles. The van der Waals surface area contributed by atoms with E-state index in [1.807, 2.05) is 19.1 Å². The van der Waals surface area contributed by atoms with Crippen molar-refractivity contribution in [2.24, 2.45) is 0 Å². The van der Waals surface area contributed by atoms with Gasteiger partial charge in [-0.1, -0.05) is 17.7 Å². The summed E-state index contributed by atoms with van der Waals surface area (Å²) in [4.78, 5) is 24.0. The molecule has 2 aromatic carbocycles. The Morgan fingerprint density at radius 1 is 1.04 bits per heavy atom. The minimum atomic E-state index is -1.32. The van der Waals surface area contributed by atoms with E-state index in [1.165, 1.54) is 38.1 Å². The first-order valence-corrected chi connectivity index (χ1v) is 7.74. The van der Waals surface area contributed by atoms with Crippen molar-refractivity contribution in [2.75, 3.05) is 11.9 Å². The lowest BCUT2D eigenvalue weighted by Gasteiger charge is -2.24. The average molecular weight is 345 g/mol. The third-order valence-electron chi connectivity index (χ3n) is 3.35. The molecule has 1 amide bonds. The first-order chi connectivity index (χ1) is 11.8. The summed E-state index contributed by atoms with van der Waals surface area (Å²) in [7, 11) is 0. The van der Waals surface area contributed by atoms with Crippen molar-refractivity contribution in [2.45, 2.75) is 26.4 Å². The standard InChI is InChI=1S/C19H20FNO4/c1-13-4-8-15(9-5-13)21-17(22)12-24-18(23)19(2,3)25-16-10-6-14(20)7-11-16/h4-11H,12H2,1-3H3,(H,21,22). The van der Waals surface area contributed by atoms with Gasteiger partial charge in [0.25, 0.3) is 5.91 Å². The molecule has 25 heavy (non-hydrogen) atoms. The van der Waals surface area contributed by atoms with Crippen LogP contribution in [-0.4, -0.2) is 24.1 Å². The molecule has 0 saturated carbocycles. The van der Waals surface area contributed by atoms with Crippen LogP contribution in [0, 0.1) is 12.7 Å². The second kappa shape index (κ2) is 7.79. The SMILES string of the molecule is Cc1ccc(NC(=O)COC(=O)C(C)(C)Oc2ccc(F)cc2)cc1. The fraction of sp³-hybridized carbons (Fsp3) is 0.263. The van der Waals surface area contributed by atoms with Crippen LogP contribution in [0.3, 0.4) is 0 Å². The van der Waals surface area contributed by atoms with E-state index < -0.39 is 29.9 Å². The molecule has 6 heteroatoms. The maximum absolute atomic E-state index is 12.9. The van der Waals surface area contributed by atoms with Gasteiger partial charge in [-0.3, -0.25) is 4.79 Å². The van der Waals surface area contributed by atoms with Crippen LogP contribution in [0.25, 0.3) is 0 Å². The van der Waals surface area contributed by atoms with E-state index in [2.05, 4.69) is 5.32 Å². The van der Waals surface area contributed by atoms with E-state index in [0.29, 0.717) is 11.4 Å². The number of carbonyl (C=O) groups is 2. The van der Waals surface area contributed by atoms with Gasteiger partial charge in [-0.05, 0) is 57.2 Å². The smallest absolute Gasteiger partial charge is 0.350 e. The average Bonchev–Trinajstić information content (AvgIpc) is 2.56. The molecule has 0 bridgehead atoms. The van der Waals surface area contributed by atoms with Gasteiger partial charge in [0.2, 0.25) is 0 Å². The van der Waals surface area contributed by atoms with Gasteiger partial charge in [0.15, 0.2) is 12.2 Å². The van der Waals surface area contributed by atoms with Crippen LogP contribution in [0.4, 0.5) is 10.1 Å². The minimum absolute atomic E-state index is 0.326. The Labute approximate surface area is 145 Å². The summed E-state index contributed by atoms with van der Waals surface area (Å²) in [6.45, 7) is 4.53. The van der Waals surface area contributed by atoms with Crippen LogP contribution in [0.1, 0.15) is 19.4 Å². The van der Waals surface area contributed by atoms with Crippen molar-refractivity contribution in [3.05, 3.63) is 59.9 Å². The van der Waals surface area contributed by atoms with Crippen LogP contribution in [0.5, 0.6) is 5.75 Å². The largest absolute Gasteiger partial charge is 0.476 e. The third-order valence-corrected chi connectivity index (χ3v) is 3.35. The molecule has 0 aliphatic rings. The van der Waals surface area contributed by atoms with E-state index in [4.69, 9.17) is 9.47 Å². The molecule has 0 aliphatic heterocycles. The zero-order chi connectivity index (χ0) is 18.4. The summed E-state index contributed by atoms with van der Waals surface area (Å²) in [5, 5.41) is 2.63. The molecule has 0 fully saturated rings. The van der Waals surface area contributed by atoms with Gasteiger partial charge in [0.05, 0.1) is 0 Å². The number of aryl methyl sites for hydroxylation is 1. The third kappa shape index (κ3) is 5.60. The maximum Gasteiger partial charge on any atom is 0.350 e. The number of ether oxygens (including phenoxy) is 2. The molecule has 5 nitrogen and oxygen atoms in total. The Morgan fingerprint density at radius 3 is 2.24 bits per heavy atom. The highest BCUT2D eigenvalue weighted by molar-refractivity contribution is 5.93. The fourth-order valence-corrected chi connectivity index (χ4v) is 1.98. The molecule has 2 aromatic rings. The first kappa shape index (κ1) is 18.4. The Bertz CT molecular complexity index is 739. The number of nitrogens with one attached hydrogen (secondary N) is 1. The number of carbonyl (C=O) groups excluding carboxylic acids is 2. The van der Waals surface area contributed by atoms with Crippen molar-refractivity contribution in [3.8, 4) is 5.75 Å². The van der Waals surface area contributed by atoms with Gasteiger partial charge in [0.1, 0.15) is 11.6 Å². The lowest BCUT2D eigenvalue weighted by molar-refractivity contribution is -0.161. The molecule has 132 valence electrons. The van der Waals surface area contributed by atoms with Crippen LogP contribution >= 0.6 is 0 Å². The number of esters is 1. The van der Waals surface area contributed by atoms with Gasteiger partial charge in [0, 0.05) is 5.69 Å².